The number of likely N-dealkylation sites (tertiary alicyclic amines) is 1. The molecule has 1 aliphatic carbocycles. The Bertz CT molecular complexity index is 702. The number of sulfone groups is 1. The average Bonchev–Trinajstić information content (AvgIpc) is 3.09. The highest BCUT2D eigenvalue weighted by molar-refractivity contribution is 7.91. The molecule has 0 spiro atoms. The van der Waals surface area contributed by atoms with E-state index in [1.54, 1.807) is 29.2 Å². The van der Waals surface area contributed by atoms with E-state index in [0.717, 1.165) is 12.8 Å². The highest BCUT2D eigenvalue weighted by atomic mass is 32.2. The molecule has 3 unspecified atom stereocenters. The fourth-order valence-corrected chi connectivity index (χ4v) is 5.47. The number of carbonyl (C=O) groups excluding carboxylic acids is 1. The van der Waals surface area contributed by atoms with Crippen LogP contribution in [-0.4, -0.2) is 44.1 Å². The van der Waals surface area contributed by atoms with E-state index < -0.39 is 9.84 Å². The summed E-state index contributed by atoms with van der Waals surface area (Å²) < 4.78 is 24.9. The largest absolute Gasteiger partial charge is 0.338 e. The zero-order chi connectivity index (χ0) is 16.6. The number of benzene rings is 1. The fraction of sp³-hybridized carbons (Fsp3) is 0.588. The molecule has 1 saturated carbocycles. The van der Waals surface area contributed by atoms with E-state index in [1.165, 1.54) is 0 Å². The van der Waals surface area contributed by atoms with Gasteiger partial charge in [-0.05, 0) is 43.2 Å². The number of fused-ring (bicyclic) bond motifs is 1. The van der Waals surface area contributed by atoms with E-state index in [4.69, 9.17) is 5.73 Å². The lowest BCUT2D eigenvalue weighted by molar-refractivity contribution is 0.0775. The molecule has 1 aromatic rings. The first kappa shape index (κ1) is 16.5. The summed E-state index contributed by atoms with van der Waals surface area (Å²) in [5.74, 6) is 0.710. The number of nitrogens with zero attached hydrogens (tertiary/aromatic N) is 1. The zero-order valence-corrected chi connectivity index (χ0v) is 14.3. The maximum Gasteiger partial charge on any atom is 0.255 e. The zero-order valence-electron chi connectivity index (χ0n) is 13.4. The minimum atomic E-state index is -3.42. The standard InChI is InChI=1S/C17H24N2O3S/c1-2-9-23(21,22)16-6-4-3-5-13(16)17(20)19-10-12-7-8-15(18)14(12)11-19/h3-6,12,14-15H,2,7-11,18H2,1H3. The molecule has 2 fully saturated rings. The normalized spacial score (nSPS) is 27.2. The second-order valence-electron chi connectivity index (χ2n) is 6.69. The number of nitrogens with two attached hydrogens (primary N) is 1. The Morgan fingerprint density at radius 1 is 1.26 bits per heavy atom. The van der Waals surface area contributed by atoms with Crippen molar-refractivity contribution in [2.75, 3.05) is 18.8 Å². The van der Waals surface area contributed by atoms with Crippen molar-refractivity contribution in [1.29, 1.82) is 0 Å². The van der Waals surface area contributed by atoms with Crippen molar-refractivity contribution >= 4 is 15.7 Å². The molecule has 5 nitrogen and oxygen atoms in total. The Morgan fingerprint density at radius 3 is 2.70 bits per heavy atom. The van der Waals surface area contributed by atoms with Crippen LogP contribution in [0.25, 0.3) is 0 Å². The second-order valence-corrected chi connectivity index (χ2v) is 8.77. The fourth-order valence-electron chi connectivity index (χ4n) is 3.94. The molecule has 3 atom stereocenters. The molecular weight excluding hydrogens is 312 g/mol. The Morgan fingerprint density at radius 2 is 2.00 bits per heavy atom. The van der Waals surface area contributed by atoms with Crippen LogP contribution >= 0.6 is 0 Å². The van der Waals surface area contributed by atoms with Gasteiger partial charge in [0.2, 0.25) is 0 Å². The molecule has 1 aromatic carbocycles. The number of hydrogen-bond donors (Lipinski definition) is 1. The number of amides is 1. The summed E-state index contributed by atoms with van der Waals surface area (Å²) in [5.41, 5.74) is 6.43. The topological polar surface area (TPSA) is 80.5 Å². The Hall–Kier alpha value is -1.40. The summed E-state index contributed by atoms with van der Waals surface area (Å²) in [6.45, 7) is 3.16. The lowest BCUT2D eigenvalue weighted by atomic mass is 9.98. The molecule has 1 amide bonds. The molecule has 0 bridgehead atoms. The quantitative estimate of drug-likeness (QED) is 0.907. The smallest absolute Gasteiger partial charge is 0.255 e. The highest BCUT2D eigenvalue weighted by Gasteiger charge is 2.43. The molecule has 0 aromatic heterocycles. The highest BCUT2D eigenvalue weighted by Crippen LogP contribution is 2.38. The predicted molar refractivity (Wildman–Crippen MR) is 88.9 cm³/mol. The van der Waals surface area contributed by atoms with Crippen LogP contribution in [0.15, 0.2) is 29.2 Å². The van der Waals surface area contributed by atoms with Gasteiger partial charge in [-0.3, -0.25) is 4.79 Å². The molecular formula is C17H24N2O3S. The first-order valence-electron chi connectivity index (χ1n) is 8.30. The van der Waals surface area contributed by atoms with Crippen LogP contribution < -0.4 is 5.73 Å². The number of rotatable bonds is 4. The predicted octanol–water partition coefficient (Wildman–Crippen LogP) is 1.68. The number of hydrogen-bond acceptors (Lipinski definition) is 4. The average molecular weight is 336 g/mol. The molecule has 3 rings (SSSR count). The molecule has 1 saturated heterocycles. The van der Waals surface area contributed by atoms with Crippen LogP contribution in [0.3, 0.4) is 0 Å². The van der Waals surface area contributed by atoms with Gasteiger partial charge in [0.1, 0.15) is 0 Å². The van der Waals surface area contributed by atoms with Gasteiger partial charge >= 0.3 is 0 Å². The summed E-state index contributed by atoms with van der Waals surface area (Å²) in [6.07, 6.45) is 2.62. The van der Waals surface area contributed by atoms with Crippen LogP contribution in [0.4, 0.5) is 0 Å². The monoisotopic (exact) mass is 336 g/mol. The van der Waals surface area contributed by atoms with Crippen molar-refractivity contribution in [3.05, 3.63) is 29.8 Å². The van der Waals surface area contributed by atoms with E-state index in [2.05, 4.69) is 0 Å². The van der Waals surface area contributed by atoms with E-state index in [1.807, 2.05) is 6.92 Å². The molecule has 0 radical (unpaired) electrons. The van der Waals surface area contributed by atoms with E-state index >= 15 is 0 Å². The Labute approximate surface area is 137 Å². The van der Waals surface area contributed by atoms with Crippen LogP contribution in [0, 0.1) is 11.8 Å². The maximum absolute atomic E-state index is 12.9. The lowest BCUT2D eigenvalue weighted by Crippen LogP contribution is -2.34. The van der Waals surface area contributed by atoms with Crippen molar-refractivity contribution < 1.29 is 13.2 Å². The van der Waals surface area contributed by atoms with Crippen molar-refractivity contribution in [3.63, 3.8) is 0 Å². The SMILES string of the molecule is CCCS(=O)(=O)c1ccccc1C(=O)N1CC2CCC(N)C2C1. The lowest BCUT2D eigenvalue weighted by Gasteiger charge is -2.20. The first-order valence-corrected chi connectivity index (χ1v) is 9.96. The Kier molecular flexibility index (Phi) is 4.47. The van der Waals surface area contributed by atoms with Gasteiger partial charge in [-0.25, -0.2) is 8.42 Å². The Balaban J connectivity index is 1.87. The van der Waals surface area contributed by atoms with E-state index in [0.29, 0.717) is 36.9 Å². The van der Waals surface area contributed by atoms with Crippen molar-refractivity contribution in [2.24, 2.45) is 17.6 Å². The van der Waals surface area contributed by atoms with E-state index in [9.17, 15) is 13.2 Å². The van der Waals surface area contributed by atoms with Crippen molar-refractivity contribution in [1.82, 2.24) is 4.90 Å². The minimum Gasteiger partial charge on any atom is -0.338 e. The van der Waals surface area contributed by atoms with Crippen LogP contribution in [0.5, 0.6) is 0 Å². The van der Waals surface area contributed by atoms with Crippen molar-refractivity contribution in [2.45, 2.75) is 37.1 Å². The third-order valence-electron chi connectivity index (χ3n) is 5.12. The van der Waals surface area contributed by atoms with Crippen LogP contribution in [-0.2, 0) is 9.84 Å². The summed E-state index contributed by atoms with van der Waals surface area (Å²) in [4.78, 5) is 14.8. The molecule has 23 heavy (non-hydrogen) atoms. The molecule has 1 aliphatic heterocycles. The second kappa shape index (κ2) is 6.24. The molecule has 6 heteroatoms. The van der Waals surface area contributed by atoms with E-state index in [-0.39, 0.29) is 22.6 Å². The van der Waals surface area contributed by atoms with Gasteiger partial charge < -0.3 is 10.6 Å². The molecule has 2 N–H and O–H groups in total. The van der Waals surface area contributed by atoms with Gasteiger partial charge in [-0.2, -0.15) is 0 Å². The van der Waals surface area contributed by atoms with Crippen LogP contribution in [0.2, 0.25) is 0 Å². The molecule has 2 aliphatic rings. The maximum atomic E-state index is 12.9. The first-order chi connectivity index (χ1) is 10.9. The summed E-state index contributed by atoms with van der Waals surface area (Å²) in [7, 11) is -3.42. The summed E-state index contributed by atoms with van der Waals surface area (Å²) in [6, 6.07) is 6.73. The van der Waals surface area contributed by atoms with Gasteiger partial charge in [0.25, 0.3) is 5.91 Å². The van der Waals surface area contributed by atoms with Gasteiger partial charge in [0, 0.05) is 19.1 Å². The van der Waals surface area contributed by atoms with Gasteiger partial charge in [0.05, 0.1) is 16.2 Å². The number of carbonyl (C=O) groups is 1. The third-order valence-corrected chi connectivity index (χ3v) is 7.10. The molecule has 126 valence electrons. The summed E-state index contributed by atoms with van der Waals surface area (Å²) >= 11 is 0. The van der Waals surface area contributed by atoms with Crippen LogP contribution in [0.1, 0.15) is 36.5 Å². The van der Waals surface area contributed by atoms with Gasteiger partial charge in [-0.1, -0.05) is 19.1 Å². The minimum absolute atomic E-state index is 0.0629. The summed E-state index contributed by atoms with van der Waals surface area (Å²) in [5, 5.41) is 0. The van der Waals surface area contributed by atoms with Gasteiger partial charge in [-0.15, -0.1) is 0 Å². The van der Waals surface area contributed by atoms with Crippen molar-refractivity contribution in [3.8, 4) is 0 Å². The molecule has 1 heterocycles. The third kappa shape index (κ3) is 3.02. The van der Waals surface area contributed by atoms with Gasteiger partial charge in [0.15, 0.2) is 9.84 Å².